The van der Waals surface area contributed by atoms with E-state index < -0.39 is 0 Å². The van der Waals surface area contributed by atoms with Crippen LogP contribution in [0.15, 0.2) is 35.7 Å². The lowest BCUT2D eigenvalue weighted by atomic mass is 10.3. The zero-order valence-corrected chi connectivity index (χ0v) is 12.2. The number of nitrogens with one attached hydrogen (secondary N) is 1. The van der Waals surface area contributed by atoms with Crippen LogP contribution in [0.25, 0.3) is 0 Å². The van der Waals surface area contributed by atoms with E-state index in [1.54, 1.807) is 17.5 Å². The molecule has 0 bridgehead atoms. The van der Waals surface area contributed by atoms with Crippen molar-refractivity contribution in [2.24, 2.45) is 0 Å². The largest absolute Gasteiger partial charge is 0.484 e. The second kappa shape index (κ2) is 7.39. The van der Waals surface area contributed by atoms with Crippen molar-refractivity contribution >= 4 is 28.3 Å². The Morgan fingerprint density at radius 2 is 2.05 bits per heavy atom. The maximum Gasteiger partial charge on any atom is 0.311 e. The summed E-state index contributed by atoms with van der Waals surface area (Å²) in [7, 11) is 1.32. The summed E-state index contributed by atoms with van der Waals surface area (Å²) in [6.45, 7) is -0.101. The van der Waals surface area contributed by atoms with Crippen molar-refractivity contribution in [3.63, 3.8) is 0 Å². The summed E-state index contributed by atoms with van der Waals surface area (Å²) in [5, 5.41) is 4.74. The van der Waals surface area contributed by atoms with E-state index in [-0.39, 0.29) is 24.9 Å². The number of hydrogen-bond acceptors (Lipinski definition) is 6. The highest BCUT2D eigenvalue weighted by molar-refractivity contribution is 7.13. The molecule has 0 unspecified atom stereocenters. The fraction of sp³-hybridized carbons (Fsp3) is 0.214. The van der Waals surface area contributed by atoms with Crippen molar-refractivity contribution in [1.82, 2.24) is 4.98 Å². The molecule has 0 spiro atoms. The number of amides is 1. The van der Waals surface area contributed by atoms with Gasteiger partial charge in [-0.25, -0.2) is 4.98 Å². The van der Waals surface area contributed by atoms with Crippen LogP contribution >= 0.6 is 11.3 Å². The number of thiazole rings is 1. The van der Waals surface area contributed by atoms with E-state index in [1.807, 2.05) is 18.2 Å². The first-order valence-corrected chi connectivity index (χ1v) is 7.04. The van der Waals surface area contributed by atoms with Gasteiger partial charge in [0.25, 0.3) is 5.91 Å². The Labute approximate surface area is 125 Å². The van der Waals surface area contributed by atoms with Crippen molar-refractivity contribution in [2.75, 3.05) is 19.0 Å². The van der Waals surface area contributed by atoms with Crippen molar-refractivity contribution in [3.8, 4) is 5.75 Å². The Bertz CT molecular complexity index is 612. The lowest BCUT2D eigenvalue weighted by molar-refractivity contribution is -0.139. The molecule has 1 amide bonds. The van der Waals surface area contributed by atoms with Gasteiger partial charge in [0.2, 0.25) is 0 Å². The van der Waals surface area contributed by atoms with Crippen LogP contribution in [0, 0.1) is 0 Å². The Hall–Kier alpha value is -2.41. The molecule has 7 heteroatoms. The van der Waals surface area contributed by atoms with Crippen LogP contribution in [0.2, 0.25) is 0 Å². The van der Waals surface area contributed by atoms with E-state index in [2.05, 4.69) is 15.0 Å². The van der Waals surface area contributed by atoms with Crippen LogP contribution in [0.4, 0.5) is 5.13 Å². The second-order valence-electron chi connectivity index (χ2n) is 4.05. The lowest BCUT2D eigenvalue weighted by Gasteiger charge is -2.05. The third-order valence-electron chi connectivity index (χ3n) is 2.46. The molecular formula is C14H14N2O4S. The number of para-hydroxylation sites is 1. The molecule has 1 heterocycles. The molecule has 1 aromatic heterocycles. The van der Waals surface area contributed by atoms with Crippen molar-refractivity contribution in [3.05, 3.63) is 41.4 Å². The summed E-state index contributed by atoms with van der Waals surface area (Å²) < 4.78 is 9.87. The second-order valence-corrected chi connectivity index (χ2v) is 4.90. The van der Waals surface area contributed by atoms with Gasteiger partial charge >= 0.3 is 5.97 Å². The summed E-state index contributed by atoms with van der Waals surface area (Å²) in [6, 6.07) is 9.06. The molecule has 21 heavy (non-hydrogen) atoms. The van der Waals surface area contributed by atoms with E-state index in [4.69, 9.17) is 4.74 Å². The van der Waals surface area contributed by atoms with Crippen LogP contribution in [0.5, 0.6) is 5.75 Å². The predicted molar refractivity (Wildman–Crippen MR) is 78.4 cm³/mol. The van der Waals surface area contributed by atoms with Crippen LogP contribution < -0.4 is 10.1 Å². The number of carbonyl (C=O) groups excluding carboxylic acids is 2. The highest BCUT2D eigenvalue weighted by atomic mass is 32.1. The lowest BCUT2D eigenvalue weighted by Crippen LogP contribution is -2.20. The molecule has 0 aliphatic heterocycles. The first-order valence-electron chi connectivity index (χ1n) is 6.16. The topological polar surface area (TPSA) is 77.5 Å². The van der Waals surface area contributed by atoms with Crippen LogP contribution in [0.1, 0.15) is 5.69 Å². The molecule has 0 saturated carbocycles. The summed E-state index contributed by atoms with van der Waals surface area (Å²) in [5.41, 5.74) is 0.561. The minimum atomic E-state index is -0.370. The molecule has 2 aromatic rings. The van der Waals surface area contributed by atoms with Crippen molar-refractivity contribution in [1.29, 1.82) is 0 Å². The number of anilines is 1. The minimum absolute atomic E-state index is 0.0867. The number of rotatable bonds is 6. The number of benzene rings is 1. The van der Waals surface area contributed by atoms with Gasteiger partial charge in [0.1, 0.15) is 5.75 Å². The number of methoxy groups -OCH3 is 1. The van der Waals surface area contributed by atoms with E-state index in [9.17, 15) is 9.59 Å². The van der Waals surface area contributed by atoms with Crippen LogP contribution in [0.3, 0.4) is 0 Å². The Morgan fingerprint density at radius 3 is 2.76 bits per heavy atom. The van der Waals surface area contributed by atoms with E-state index in [0.29, 0.717) is 16.6 Å². The number of carbonyl (C=O) groups is 2. The predicted octanol–water partition coefficient (Wildman–Crippen LogP) is 1.88. The van der Waals surface area contributed by atoms with Crippen molar-refractivity contribution in [2.45, 2.75) is 6.42 Å². The Morgan fingerprint density at radius 1 is 1.29 bits per heavy atom. The molecule has 0 saturated heterocycles. The zero-order chi connectivity index (χ0) is 15.1. The van der Waals surface area contributed by atoms with Gasteiger partial charge in [-0.05, 0) is 12.1 Å². The highest BCUT2D eigenvalue weighted by Crippen LogP contribution is 2.16. The molecule has 0 aliphatic carbocycles. The average Bonchev–Trinajstić information content (AvgIpc) is 2.93. The number of hydrogen-bond donors (Lipinski definition) is 1. The average molecular weight is 306 g/mol. The number of aromatic nitrogens is 1. The quantitative estimate of drug-likeness (QED) is 0.824. The molecule has 0 atom stereocenters. The fourth-order valence-corrected chi connectivity index (χ4v) is 2.21. The molecule has 110 valence electrons. The monoisotopic (exact) mass is 306 g/mol. The van der Waals surface area contributed by atoms with Gasteiger partial charge in [-0.2, -0.15) is 0 Å². The molecule has 0 fully saturated rings. The summed E-state index contributed by atoms with van der Waals surface area (Å²) in [6.07, 6.45) is 0.0867. The van der Waals surface area contributed by atoms with Crippen LogP contribution in [-0.2, 0) is 20.7 Å². The van der Waals surface area contributed by atoms with E-state index in [1.165, 1.54) is 18.4 Å². The summed E-state index contributed by atoms with van der Waals surface area (Å²) >= 11 is 1.25. The molecule has 0 aliphatic rings. The third kappa shape index (κ3) is 4.88. The fourth-order valence-electron chi connectivity index (χ4n) is 1.49. The number of esters is 1. The Kier molecular flexibility index (Phi) is 5.28. The maximum absolute atomic E-state index is 11.7. The molecule has 2 rings (SSSR count). The van der Waals surface area contributed by atoms with Gasteiger partial charge in [-0.1, -0.05) is 18.2 Å². The molecule has 0 radical (unpaired) electrons. The number of ether oxygens (including phenoxy) is 2. The highest BCUT2D eigenvalue weighted by Gasteiger charge is 2.10. The van der Waals surface area contributed by atoms with Gasteiger partial charge in [0, 0.05) is 5.38 Å². The van der Waals surface area contributed by atoms with E-state index >= 15 is 0 Å². The van der Waals surface area contributed by atoms with Gasteiger partial charge < -0.3 is 9.47 Å². The number of nitrogens with zero attached hydrogens (tertiary/aromatic N) is 1. The molecule has 6 nitrogen and oxygen atoms in total. The van der Waals surface area contributed by atoms with Crippen LogP contribution in [-0.4, -0.2) is 30.6 Å². The zero-order valence-electron chi connectivity index (χ0n) is 11.4. The summed E-state index contributed by atoms with van der Waals surface area (Å²) in [5.74, 6) is -0.0541. The van der Waals surface area contributed by atoms with Crippen molar-refractivity contribution < 1.29 is 19.1 Å². The van der Waals surface area contributed by atoms with Gasteiger partial charge in [0.05, 0.1) is 19.2 Å². The normalized spacial score (nSPS) is 9.95. The SMILES string of the molecule is COC(=O)Cc1csc(NC(=O)COc2ccccc2)n1. The molecule has 1 N–H and O–H groups in total. The molecule has 1 aromatic carbocycles. The summed E-state index contributed by atoms with van der Waals surface area (Å²) in [4.78, 5) is 26.9. The van der Waals surface area contributed by atoms with E-state index in [0.717, 1.165) is 0 Å². The first-order chi connectivity index (χ1) is 10.2. The Balaban J connectivity index is 1.81. The van der Waals surface area contributed by atoms with Gasteiger partial charge in [-0.3, -0.25) is 14.9 Å². The minimum Gasteiger partial charge on any atom is -0.484 e. The smallest absolute Gasteiger partial charge is 0.311 e. The van der Waals surface area contributed by atoms with Gasteiger partial charge in [0.15, 0.2) is 11.7 Å². The standard InChI is InChI=1S/C14H14N2O4S/c1-19-13(18)7-10-9-21-14(15-10)16-12(17)8-20-11-5-3-2-4-6-11/h2-6,9H,7-8H2,1H3,(H,15,16,17). The van der Waals surface area contributed by atoms with Gasteiger partial charge in [-0.15, -0.1) is 11.3 Å². The third-order valence-corrected chi connectivity index (χ3v) is 3.27. The molecular weight excluding hydrogens is 292 g/mol. The maximum atomic E-state index is 11.7. The first kappa shape index (κ1) is 15.0.